The van der Waals surface area contributed by atoms with Crippen LogP contribution in [0.3, 0.4) is 0 Å². The van der Waals surface area contributed by atoms with Crippen molar-refractivity contribution in [3.05, 3.63) is 49.8 Å². The number of carboxylic acids is 1. The van der Waals surface area contributed by atoms with E-state index >= 15 is 0 Å². The molecule has 1 aliphatic heterocycles. The number of aliphatic imine (C=N–C) groups is 1. The van der Waals surface area contributed by atoms with Gasteiger partial charge < -0.3 is 14.9 Å². The number of benzene rings is 2. The van der Waals surface area contributed by atoms with Crippen LogP contribution in [0.4, 0.5) is 0 Å². The quantitative estimate of drug-likeness (QED) is 0.454. The van der Waals surface area contributed by atoms with Gasteiger partial charge in [-0.2, -0.15) is 5.26 Å². The summed E-state index contributed by atoms with van der Waals surface area (Å²) >= 11 is 9.41. The summed E-state index contributed by atoms with van der Waals surface area (Å²) in [6.45, 7) is 0.101. The number of halogens is 2. The number of phenols is 1. The van der Waals surface area contributed by atoms with Crippen molar-refractivity contribution in [1.29, 1.82) is 5.26 Å². The molecule has 2 atom stereocenters. The van der Waals surface area contributed by atoms with E-state index in [1.165, 1.54) is 23.1 Å². The zero-order valence-corrected chi connectivity index (χ0v) is 19.7. The molecule has 0 bridgehead atoms. The average molecular weight is 569 g/mol. The fourth-order valence-corrected chi connectivity index (χ4v) is 6.45. The molecule has 0 spiro atoms. The van der Waals surface area contributed by atoms with Gasteiger partial charge in [0.25, 0.3) is 0 Å². The first-order chi connectivity index (χ1) is 14.4. The van der Waals surface area contributed by atoms with Crippen LogP contribution in [0.15, 0.2) is 44.3 Å². The third kappa shape index (κ3) is 4.18. The van der Waals surface area contributed by atoms with Gasteiger partial charge in [0.2, 0.25) is 0 Å². The molecule has 11 heteroatoms. The Morgan fingerprint density at radius 3 is 2.67 bits per heavy atom. The molecule has 7 nitrogen and oxygen atoms in total. The van der Waals surface area contributed by atoms with Crippen LogP contribution in [0, 0.1) is 11.3 Å². The number of hydrogen-bond donors (Lipinski definition) is 2. The van der Waals surface area contributed by atoms with Crippen LogP contribution in [0.25, 0.3) is 10.2 Å². The van der Waals surface area contributed by atoms with Crippen LogP contribution in [0.2, 0.25) is 0 Å². The molecule has 2 aromatic carbocycles. The highest BCUT2D eigenvalue weighted by molar-refractivity contribution is 9.11. The summed E-state index contributed by atoms with van der Waals surface area (Å²) in [5.41, 5.74) is 1.18. The van der Waals surface area contributed by atoms with Crippen molar-refractivity contribution in [1.82, 2.24) is 4.98 Å². The summed E-state index contributed by atoms with van der Waals surface area (Å²) in [6, 6.07) is 9.23. The van der Waals surface area contributed by atoms with E-state index in [4.69, 9.17) is 10.00 Å². The fraction of sp³-hybridized carbons (Fsp3) is 0.158. The van der Waals surface area contributed by atoms with E-state index in [0.29, 0.717) is 35.8 Å². The van der Waals surface area contributed by atoms with Crippen molar-refractivity contribution in [3.8, 4) is 17.6 Å². The van der Waals surface area contributed by atoms with Crippen molar-refractivity contribution in [3.63, 3.8) is 0 Å². The van der Waals surface area contributed by atoms with E-state index in [-0.39, 0.29) is 12.4 Å². The summed E-state index contributed by atoms with van der Waals surface area (Å²) in [5.74, 6) is -0.405. The second-order valence-electron chi connectivity index (χ2n) is 6.24. The smallest absolute Gasteiger partial charge is 0.329 e. The standard InChI is InChI=1S/C19H11Br2N3O4S2/c20-10-3-8(6-22)4-11(21)16(10)28-7-14-15(19(26)27)24-18(30-14)17-23-12-2-1-9(25)5-13(12)29-17/h1-5,14-15,25H,7H2,(H,26,27). The number of fused-ring (bicyclic) bond motifs is 1. The molecule has 0 radical (unpaired) electrons. The van der Waals surface area contributed by atoms with Gasteiger partial charge in [0.05, 0.1) is 36.0 Å². The molecule has 0 amide bonds. The van der Waals surface area contributed by atoms with Crippen molar-refractivity contribution in [2.24, 2.45) is 4.99 Å². The van der Waals surface area contributed by atoms with E-state index in [1.807, 2.05) is 0 Å². The van der Waals surface area contributed by atoms with Gasteiger partial charge in [-0.1, -0.05) is 11.8 Å². The first kappa shape index (κ1) is 21.1. The number of aliphatic carboxylic acids is 1. The summed E-state index contributed by atoms with van der Waals surface area (Å²) in [4.78, 5) is 20.6. The van der Waals surface area contributed by atoms with Gasteiger partial charge in [-0.25, -0.2) is 9.78 Å². The van der Waals surface area contributed by atoms with Crippen molar-refractivity contribution >= 4 is 76.2 Å². The Labute approximate surface area is 195 Å². The summed E-state index contributed by atoms with van der Waals surface area (Å²) < 4.78 is 7.86. The Morgan fingerprint density at radius 2 is 2.00 bits per heavy atom. The number of ether oxygens (including phenoxy) is 1. The first-order valence-corrected chi connectivity index (χ1v) is 11.7. The zero-order chi connectivity index (χ0) is 21.4. The molecule has 1 aromatic heterocycles. The van der Waals surface area contributed by atoms with Crippen LogP contribution in [0.1, 0.15) is 10.6 Å². The molecule has 0 fully saturated rings. The predicted molar refractivity (Wildman–Crippen MR) is 123 cm³/mol. The number of aromatic nitrogens is 1. The molecular formula is C19H11Br2N3O4S2. The number of nitriles is 1. The zero-order valence-electron chi connectivity index (χ0n) is 14.9. The average Bonchev–Trinajstić information content (AvgIpc) is 3.30. The Bertz CT molecular complexity index is 1220. The van der Waals surface area contributed by atoms with Crippen molar-refractivity contribution < 1.29 is 19.7 Å². The number of thiazole rings is 1. The summed E-state index contributed by atoms with van der Waals surface area (Å²) in [5, 5.41) is 29.0. The molecule has 2 unspecified atom stereocenters. The SMILES string of the molecule is N#Cc1cc(Br)c(OCC2SC(c3nc4ccc(O)cc4s3)=NC2C(=O)O)c(Br)c1. The van der Waals surface area contributed by atoms with Gasteiger partial charge >= 0.3 is 5.97 Å². The van der Waals surface area contributed by atoms with Gasteiger partial charge in [0, 0.05) is 0 Å². The maximum Gasteiger partial charge on any atom is 0.329 e. The van der Waals surface area contributed by atoms with Crippen molar-refractivity contribution in [2.45, 2.75) is 11.3 Å². The van der Waals surface area contributed by atoms with Gasteiger partial charge in [-0.3, -0.25) is 4.99 Å². The largest absolute Gasteiger partial charge is 0.508 e. The third-order valence-corrected chi connectivity index (χ3v) is 7.75. The van der Waals surface area contributed by atoms with E-state index in [1.54, 1.807) is 30.3 Å². The van der Waals surface area contributed by atoms with Crippen LogP contribution < -0.4 is 4.74 Å². The highest BCUT2D eigenvalue weighted by atomic mass is 79.9. The molecule has 2 N–H and O–H groups in total. The highest BCUT2D eigenvalue weighted by Crippen LogP contribution is 2.38. The minimum Gasteiger partial charge on any atom is -0.508 e. The van der Waals surface area contributed by atoms with Gasteiger partial charge in [0.1, 0.15) is 28.2 Å². The Balaban J connectivity index is 1.55. The number of nitrogens with zero attached hydrogens (tertiary/aromatic N) is 3. The molecule has 0 aliphatic carbocycles. The van der Waals surface area contributed by atoms with E-state index in [2.05, 4.69) is 47.9 Å². The first-order valence-electron chi connectivity index (χ1n) is 8.45. The van der Waals surface area contributed by atoms with Crippen LogP contribution >= 0.6 is 55.0 Å². The van der Waals surface area contributed by atoms with Crippen LogP contribution in [-0.4, -0.2) is 44.1 Å². The lowest BCUT2D eigenvalue weighted by Crippen LogP contribution is -2.31. The van der Waals surface area contributed by atoms with Crippen molar-refractivity contribution in [2.75, 3.05) is 6.61 Å². The molecule has 4 rings (SSSR count). The minimum absolute atomic E-state index is 0.101. The maximum atomic E-state index is 11.8. The highest BCUT2D eigenvalue weighted by Gasteiger charge is 2.37. The molecule has 1 aliphatic rings. The number of rotatable bonds is 5. The lowest BCUT2D eigenvalue weighted by atomic mass is 10.2. The van der Waals surface area contributed by atoms with E-state index in [0.717, 1.165) is 4.70 Å². The number of carboxylic acid groups (broad SMARTS) is 1. The Hall–Kier alpha value is -2.13. The second kappa shape index (κ2) is 8.55. The molecule has 152 valence electrons. The molecule has 0 saturated heterocycles. The number of hydrogen-bond acceptors (Lipinski definition) is 8. The topological polar surface area (TPSA) is 116 Å². The predicted octanol–water partition coefficient (Wildman–Crippen LogP) is 4.79. The molecule has 2 heterocycles. The monoisotopic (exact) mass is 567 g/mol. The normalized spacial score (nSPS) is 18.2. The third-order valence-electron chi connectivity index (χ3n) is 4.20. The van der Waals surface area contributed by atoms with Gasteiger partial charge in [-0.15, -0.1) is 11.3 Å². The minimum atomic E-state index is -1.04. The van der Waals surface area contributed by atoms with Gasteiger partial charge in [0.15, 0.2) is 6.04 Å². The Morgan fingerprint density at radius 1 is 1.27 bits per heavy atom. The van der Waals surface area contributed by atoms with Crippen LogP contribution in [-0.2, 0) is 4.79 Å². The van der Waals surface area contributed by atoms with Gasteiger partial charge in [-0.05, 0) is 62.2 Å². The van der Waals surface area contributed by atoms with E-state index in [9.17, 15) is 15.0 Å². The maximum absolute atomic E-state index is 11.8. The summed E-state index contributed by atoms with van der Waals surface area (Å²) in [7, 11) is 0. The number of thioether (sulfide) groups is 1. The molecule has 0 saturated carbocycles. The lowest BCUT2D eigenvalue weighted by Gasteiger charge is -2.16. The van der Waals surface area contributed by atoms with Crippen LogP contribution in [0.5, 0.6) is 11.5 Å². The van der Waals surface area contributed by atoms with E-state index < -0.39 is 17.3 Å². The number of aromatic hydroxyl groups is 1. The number of carbonyl (C=O) groups is 1. The fourth-order valence-electron chi connectivity index (χ4n) is 2.83. The molecule has 30 heavy (non-hydrogen) atoms. The Kier molecular flexibility index (Phi) is 6.02. The number of phenolic OH excluding ortho intramolecular Hbond substituents is 1. The molecular weight excluding hydrogens is 558 g/mol. The summed E-state index contributed by atoms with van der Waals surface area (Å²) in [6.07, 6.45) is 0. The second-order valence-corrected chi connectivity index (χ2v) is 10.2. The molecule has 3 aromatic rings. The lowest BCUT2D eigenvalue weighted by molar-refractivity contribution is -0.138.